The van der Waals surface area contributed by atoms with E-state index < -0.39 is 11.8 Å². The fourth-order valence-corrected chi connectivity index (χ4v) is 5.90. The first-order valence-corrected chi connectivity index (χ1v) is 11.0. The van der Waals surface area contributed by atoms with Crippen LogP contribution in [0.5, 0.6) is 11.5 Å². The molecule has 3 aromatic rings. The number of nitrogens with two attached hydrogens (primary N) is 1. The number of primary amides is 1. The minimum Gasteiger partial charge on any atom is -0.457 e. The molecule has 0 bridgehead atoms. The summed E-state index contributed by atoms with van der Waals surface area (Å²) in [6, 6.07) is 15.1. The van der Waals surface area contributed by atoms with Crippen LogP contribution in [-0.4, -0.2) is 11.8 Å². The van der Waals surface area contributed by atoms with E-state index in [4.69, 9.17) is 10.5 Å². The van der Waals surface area contributed by atoms with Crippen molar-refractivity contribution in [1.82, 2.24) is 0 Å². The normalized spacial score (nSPS) is 17.3. The highest BCUT2D eigenvalue weighted by molar-refractivity contribution is 7.17. The molecule has 1 aliphatic carbocycles. The van der Waals surface area contributed by atoms with Gasteiger partial charge in [0.1, 0.15) is 16.5 Å². The number of nitrogens with one attached hydrogen (secondary N) is 1. The molecule has 5 nitrogen and oxygen atoms in total. The van der Waals surface area contributed by atoms with Gasteiger partial charge in [-0.2, -0.15) is 0 Å². The average Bonchev–Trinajstić information content (AvgIpc) is 3.08. The Morgan fingerprint density at radius 3 is 2.33 bits per heavy atom. The Kier molecular flexibility index (Phi) is 4.59. The zero-order valence-electron chi connectivity index (χ0n) is 16.6. The lowest BCUT2D eigenvalue weighted by molar-refractivity contribution is -0.116. The molecule has 5 rings (SSSR count). The summed E-state index contributed by atoms with van der Waals surface area (Å²) < 4.78 is 6.00. The molecule has 1 aliphatic heterocycles. The van der Waals surface area contributed by atoms with Crippen LogP contribution in [0.1, 0.15) is 51.2 Å². The second kappa shape index (κ2) is 7.29. The lowest BCUT2D eigenvalue weighted by Gasteiger charge is -2.27. The van der Waals surface area contributed by atoms with Crippen LogP contribution in [-0.2, 0) is 17.6 Å². The number of ether oxygens (including phenoxy) is 1. The van der Waals surface area contributed by atoms with E-state index in [1.54, 1.807) is 0 Å². The summed E-state index contributed by atoms with van der Waals surface area (Å²) in [4.78, 5) is 26.9. The molecule has 1 atom stereocenters. The molecule has 0 unspecified atom stereocenters. The summed E-state index contributed by atoms with van der Waals surface area (Å²) in [5.41, 5.74) is 8.82. The van der Waals surface area contributed by atoms with E-state index in [1.165, 1.54) is 11.3 Å². The largest absolute Gasteiger partial charge is 0.457 e. The van der Waals surface area contributed by atoms with E-state index in [0.717, 1.165) is 40.8 Å². The Labute approximate surface area is 178 Å². The Balaban J connectivity index is 1.55. The molecular formula is C24H22N2O3S. The first-order chi connectivity index (χ1) is 14.5. The maximum Gasteiger partial charge on any atom is 0.251 e. The van der Waals surface area contributed by atoms with Crippen LogP contribution in [0.15, 0.2) is 48.5 Å². The molecule has 0 radical (unpaired) electrons. The lowest BCUT2D eigenvalue weighted by atomic mass is 9.87. The molecule has 0 spiro atoms. The highest BCUT2D eigenvalue weighted by Gasteiger charge is 2.34. The number of amides is 2. The maximum absolute atomic E-state index is 13.5. The van der Waals surface area contributed by atoms with E-state index in [9.17, 15) is 9.59 Å². The van der Waals surface area contributed by atoms with Crippen LogP contribution in [0.2, 0.25) is 0 Å². The molecule has 0 saturated carbocycles. The molecule has 2 heterocycles. The Morgan fingerprint density at radius 2 is 1.70 bits per heavy atom. The predicted molar refractivity (Wildman–Crippen MR) is 117 cm³/mol. The topological polar surface area (TPSA) is 81.4 Å². The lowest BCUT2D eigenvalue weighted by Crippen LogP contribution is -2.26. The maximum atomic E-state index is 13.5. The highest BCUT2D eigenvalue weighted by atomic mass is 32.1. The van der Waals surface area contributed by atoms with Crippen molar-refractivity contribution in [3.05, 3.63) is 75.7 Å². The number of para-hydroxylation sites is 2. The third kappa shape index (κ3) is 3.08. The van der Waals surface area contributed by atoms with Crippen LogP contribution < -0.4 is 15.8 Å². The van der Waals surface area contributed by atoms with E-state index in [1.807, 2.05) is 48.5 Å². The van der Waals surface area contributed by atoms with E-state index in [2.05, 4.69) is 12.2 Å². The van der Waals surface area contributed by atoms with Gasteiger partial charge < -0.3 is 15.8 Å². The number of carbonyl (C=O) groups excluding carboxylic acids is 2. The zero-order valence-corrected chi connectivity index (χ0v) is 17.4. The van der Waals surface area contributed by atoms with E-state index in [-0.39, 0.29) is 5.91 Å². The number of fused-ring (bicyclic) bond motifs is 3. The summed E-state index contributed by atoms with van der Waals surface area (Å²) in [6.45, 7) is 2.21. The fourth-order valence-electron chi connectivity index (χ4n) is 4.48. The number of carbonyl (C=O) groups is 2. The standard InChI is InChI=1S/C24H22N2O3S/c1-13-10-11-16-19(12-13)30-24(21(16)22(25)27)26-23(28)20-14-6-2-4-8-17(14)29-18-9-5-3-7-15(18)20/h2-9,13,20H,10-12H2,1H3,(H2,25,27)(H,26,28)/t13-/m0/s1. The first kappa shape index (κ1) is 18.9. The molecule has 152 valence electrons. The van der Waals surface area contributed by atoms with Gasteiger partial charge in [-0.05, 0) is 42.9 Å². The van der Waals surface area contributed by atoms with Gasteiger partial charge in [-0.25, -0.2) is 0 Å². The summed E-state index contributed by atoms with van der Waals surface area (Å²) in [6.07, 6.45) is 2.77. The molecule has 2 aromatic carbocycles. The minimum atomic E-state index is -0.523. The molecule has 2 aliphatic rings. The van der Waals surface area contributed by atoms with Gasteiger partial charge in [-0.3, -0.25) is 9.59 Å². The number of thiophene rings is 1. The van der Waals surface area contributed by atoms with E-state index >= 15 is 0 Å². The first-order valence-electron chi connectivity index (χ1n) is 10.1. The number of rotatable bonds is 3. The smallest absolute Gasteiger partial charge is 0.251 e. The summed E-state index contributed by atoms with van der Waals surface area (Å²) in [5.74, 6) is 0.716. The monoisotopic (exact) mass is 418 g/mol. The molecule has 6 heteroatoms. The molecular weight excluding hydrogens is 396 g/mol. The van der Waals surface area contributed by atoms with Crippen molar-refractivity contribution in [2.75, 3.05) is 5.32 Å². The van der Waals surface area contributed by atoms with Gasteiger partial charge in [0.05, 0.1) is 11.5 Å². The van der Waals surface area contributed by atoms with Crippen molar-refractivity contribution in [3.8, 4) is 11.5 Å². The highest BCUT2D eigenvalue weighted by Crippen LogP contribution is 2.45. The van der Waals surface area contributed by atoms with Crippen molar-refractivity contribution in [1.29, 1.82) is 0 Å². The van der Waals surface area contributed by atoms with Crippen molar-refractivity contribution < 1.29 is 14.3 Å². The number of benzene rings is 2. The van der Waals surface area contributed by atoms with Crippen molar-refractivity contribution in [2.24, 2.45) is 11.7 Å². The average molecular weight is 419 g/mol. The van der Waals surface area contributed by atoms with Crippen LogP contribution in [0.4, 0.5) is 5.00 Å². The van der Waals surface area contributed by atoms with Gasteiger partial charge in [0.2, 0.25) is 5.91 Å². The second-order valence-electron chi connectivity index (χ2n) is 8.02. The second-order valence-corrected chi connectivity index (χ2v) is 9.13. The van der Waals surface area contributed by atoms with Gasteiger partial charge in [-0.1, -0.05) is 43.3 Å². The fraction of sp³-hybridized carbons (Fsp3) is 0.250. The summed E-state index contributed by atoms with van der Waals surface area (Å²) >= 11 is 1.48. The van der Waals surface area contributed by atoms with Crippen LogP contribution in [0.25, 0.3) is 0 Å². The van der Waals surface area contributed by atoms with Crippen LogP contribution in [0.3, 0.4) is 0 Å². The molecule has 0 fully saturated rings. The van der Waals surface area contributed by atoms with Gasteiger partial charge in [-0.15, -0.1) is 11.3 Å². The summed E-state index contributed by atoms with van der Waals surface area (Å²) in [7, 11) is 0. The molecule has 0 saturated heterocycles. The van der Waals surface area contributed by atoms with E-state index in [0.29, 0.717) is 28.0 Å². The zero-order chi connectivity index (χ0) is 20.8. The van der Waals surface area contributed by atoms with Gasteiger partial charge in [0.15, 0.2) is 0 Å². The van der Waals surface area contributed by atoms with Crippen molar-refractivity contribution in [3.63, 3.8) is 0 Å². The quantitative estimate of drug-likeness (QED) is 0.638. The van der Waals surface area contributed by atoms with Gasteiger partial charge >= 0.3 is 0 Å². The third-order valence-corrected chi connectivity index (χ3v) is 7.11. The number of anilines is 1. The summed E-state index contributed by atoms with van der Waals surface area (Å²) in [5, 5.41) is 3.60. The third-order valence-electron chi connectivity index (χ3n) is 5.94. The van der Waals surface area contributed by atoms with Crippen molar-refractivity contribution in [2.45, 2.75) is 32.1 Å². The SMILES string of the molecule is C[C@H]1CCc2c(sc(NC(=O)C3c4ccccc4Oc4ccccc43)c2C(N)=O)C1. The molecule has 30 heavy (non-hydrogen) atoms. The minimum absolute atomic E-state index is 0.188. The molecule has 1 aromatic heterocycles. The predicted octanol–water partition coefficient (Wildman–Crippen LogP) is 4.85. The van der Waals surface area contributed by atoms with Crippen molar-refractivity contribution >= 4 is 28.2 Å². The van der Waals surface area contributed by atoms with Gasteiger partial charge in [0.25, 0.3) is 5.91 Å². The number of hydrogen-bond acceptors (Lipinski definition) is 4. The van der Waals surface area contributed by atoms with Gasteiger partial charge in [0, 0.05) is 16.0 Å². The Bertz CT molecular complexity index is 1120. The van der Waals surface area contributed by atoms with Crippen LogP contribution in [0, 0.1) is 5.92 Å². The molecule has 3 N–H and O–H groups in total. The van der Waals surface area contributed by atoms with Crippen LogP contribution >= 0.6 is 11.3 Å². The Morgan fingerprint density at radius 1 is 1.07 bits per heavy atom. The number of hydrogen-bond donors (Lipinski definition) is 2. The molecule has 2 amide bonds. The Hall–Kier alpha value is -3.12.